The third kappa shape index (κ3) is 1.78. The highest BCUT2D eigenvalue weighted by atomic mass is 32.1. The molecule has 1 rings (SSSR count). The van der Waals surface area contributed by atoms with Gasteiger partial charge in [0.2, 0.25) is 0 Å². The molecule has 0 aromatic carbocycles. The van der Waals surface area contributed by atoms with Crippen LogP contribution in [0.3, 0.4) is 0 Å². The minimum Gasteiger partial charge on any atom is -0.281 e. The number of rotatable bonds is 0. The minimum atomic E-state index is 0.587. The van der Waals surface area contributed by atoms with Crippen molar-refractivity contribution in [3.63, 3.8) is 0 Å². The van der Waals surface area contributed by atoms with Crippen LogP contribution in [-0.4, -0.2) is 16.0 Å². The van der Waals surface area contributed by atoms with E-state index in [0.717, 1.165) is 17.0 Å². The SMILES string of the molecule is Cc1n[nH]c(C)c1C#CCS. The number of nitrogens with zero attached hydrogens (tertiary/aromatic N) is 1. The highest BCUT2D eigenvalue weighted by molar-refractivity contribution is 7.80. The Bertz CT molecular complexity index is 284. The van der Waals surface area contributed by atoms with Gasteiger partial charge in [0.25, 0.3) is 0 Å². The Morgan fingerprint density at radius 2 is 2.27 bits per heavy atom. The van der Waals surface area contributed by atoms with Crippen molar-refractivity contribution in [1.82, 2.24) is 10.2 Å². The molecular weight excluding hydrogens is 156 g/mol. The van der Waals surface area contributed by atoms with Gasteiger partial charge in [0.1, 0.15) is 0 Å². The topological polar surface area (TPSA) is 28.7 Å². The van der Waals surface area contributed by atoms with Gasteiger partial charge in [-0.15, -0.1) is 0 Å². The fraction of sp³-hybridized carbons (Fsp3) is 0.375. The normalized spacial score (nSPS) is 9.00. The smallest absolute Gasteiger partial charge is 0.0750 e. The second-order valence-corrected chi connectivity index (χ2v) is 2.59. The molecule has 0 fully saturated rings. The van der Waals surface area contributed by atoms with Crippen molar-refractivity contribution in [2.24, 2.45) is 0 Å². The number of hydrogen-bond donors (Lipinski definition) is 2. The van der Waals surface area contributed by atoms with Gasteiger partial charge in [0.05, 0.1) is 17.0 Å². The van der Waals surface area contributed by atoms with E-state index < -0.39 is 0 Å². The van der Waals surface area contributed by atoms with Crippen LogP contribution < -0.4 is 0 Å². The van der Waals surface area contributed by atoms with Crippen molar-refractivity contribution in [1.29, 1.82) is 0 Å². The van der Waals surface area contributed by atoms with Gasteiger partial charge in [0.15, 0.2) is 0 Å². The maximum Gasteiger partial charge on any atom is 0.0750 e. The summed E-state index contributed by atoms with van der Waals surface area (Å²) in [5.41, 5.74) is 2.98. The molecule has 0 aliphatic rings. The van der Waals surface area contributed by atoms with Gasteiger partial charge in [-0.1, -0.05) is 11.8 Å². The fourth-order valence-corrected chi connectivity index (χ4v) is 0.942. The zero-order valence-corrected chi connectivity index (χ0v) is 7.50. The van der Waals surface area contributed by atoms with Crippen LogP contribution in [0.25, 0.3) is 0 Å². The van der Waals surface area contributed by atoms with E-state index in [1.54, 1.807) is 0 Å². The average Bonchev–Trinajstić information content (AvgIpc) is 2.29. The van der Waals surface area contributed by atoms with E-state index in [1.807, 2.05) is 13.8 Å². The van der Waals surface area contributed by atoms with Crippen molar-refractivity contribution in [2.45, 2.75) is 13.8 Å². The zero-order chi connectivity index (χ0) is 8.27. The highest BCUT2D eigenvalue weighted by Crippen LogP contribution is 2.06. The molecule has 0 radical (unpaired) electrons. The van der Waals surface area contributed by atoms with Crippen molar-refractivity contribution >= 4 is 12.6 Å². The van der Waals surface area contributed by atoms with Crippen molar-refractivity contribution in [3.8, 4) is 11.8 Å². The molecule has 0 saturated heterocycles. The van der Waals surface area contributed by atoms with E-state index in [9.17, 15) is 0 Å². The summed E-state index contributed by atoms with van der Waals surface area (Å²) in [5, 5.41) is 6.88. The maximum atomic E-state index is 4.02. The molecule has 0 spiro atoms. The van der Waals surface area contributed by atoms with Crippen LogP contribution in [0.4, 0.5) is 0 Å². The lowest BCUT2D eigenvalue weighted by Crippen LogP contribution is -1.78. The largest absolute Gasteiger partial charge is 0.281 e. The molecule has 0 aliphatic heterocycles. The summed E-state index contributed by atoms with van der Waals surface area (Å²) in [7, 11) is 0. The molecule has 0 unspecified atom stereocenters. The second kappa shape index (κ2) is 3.49. The van der Waals surface area contributed by atoms with E-state index in [1.165, 1.54) is 0 Å². The third-order valence-electron chi connectivity index (χ3n) is 1.42. The molecule has 1 heterocycles. The lowest BCUT2D eigenvalue weighted by atomic mass is 10.2. The van der Waals surface area contributed by atoms with Gasteiger partial charge in [-0.25, -0.2) is 0 Å². The first kappa shape index (κ1) is 8.22. The van der Waals surface area contributed by atoms with Gasteiger partial charge in [-0.3, -0.25) is 5.10 Å². The van der Waals surface area contributed by atoms with Gasteiger partial charge in [-0.05, 0) is 13.8 Å². The summed E-state index contributed by atoms with van der Waals surface area (Å²) in [5.74, 6) is 6.46. The Hall–Kier alpha value is -0.880. The van der Waals surface area contributed by atoms with Crippen LogP contribution in [0.5, 0.6) is 0 Å². The summed E-state index contributed by atoms with van der Waals surface area (Å²) in [6.45, 7) is 3.90. The molecule has 1 aromatic heterocycles. The Morgan fingerprint density at radius 3 is 2.73 bits per heavy atom. The predicted molar refractivity (Wildman–Crippen MR) is 48.8 cm³/mol. The van der Waals surface area contributed by atoms with E-state index in [-0.39, 0.29) is 0 Å². The van der Waals surface area contributed by atoms with Crippen LogP contribution in [0.2, 0.25) is 0 Å². The van der Waals surface area contributed by atoms with Gasteiger partial charge in [-0.2, -0.15) is 17.7 Å². The standard InChI is InChI=1S/C8H10N2S/c1-6-8(4-3-5-11)7(2)10-9-6/h11H,5H2,1-2H3,(H,9,10). The lowest BCUT2D eigenvalue weighted by molar-refractivity contribution is 1.02. The number of aromatic nitrogens is 2. The minimum absolute atomic E-state index is 0.587. The number of H-pyrrole nitrogens is 1. The number of aryl methyl sites for hydroxylation is 2. The van der Waals surface area contributed by atoms with Crippen LogP contribution in [0.1, 0.15) is 17.0 Å². The summed E-state index contributed by atoms with van der Waals surface area (Å²) in [6.07, 6.45) is 0. The van der Waals surface area contributed by atoms with E-state index in [2.05, 4.69) is 34.7 Å². The Kier molecular flexibility index (Phi) is 2.61. The fourth-order valence-electron chi connectivity index (χ4n) is 0.863. The van der Waals surface area contributed by atoms with Crippen LogP contribution in [-0.2, 0) is 0 Å². The molecule has 58 valence electrons. The summed E-state index contributed by atoms with van der Waals surface area (Å²) >= 11 is 4.00. The molecule has 1 aromatic rings. The lowest BCUT2D eigenvalue weighted by Gasteiger charge is -1.85. The van der Waals surface area contributed by atoms with Crippen LogP contribution >= 0.6 is 12.6 Å². The highest BCUT2D eigenvalue weighted by Gasteiger charge is 2.00. The van der Waals surface area contributed by atoms with E-state index in [4.69, 9.17) is 0 Å². The Labute approximate surface area is 71.8 Å². The number of thiol groups is 1. The van der Waals surface area contributed by atoms with Gasteiger partial charge in [0, 0.05) is 5.69 Å². The molecule has 3 heteroatoms. The first-order valence-electron chi connectivity index (χ1n) is 3.37. The summed E-state index contributed by atoms with van der Waals surface area (Å²) in [6, 6.07) is 0. The van der Waals surface area contributed by atoms with Crippen molar-refractivity contribution < 1.29 is 0 Å². The second-order valence-electron chi connectivity index (χ2n) is 2.27. The predicted octanol–water partition coefficient (Wildman–Crippen LogP) is 1.31. The molecular formula is C8H10N2S. The molecule has 0 bridgehead atoms. The van der Waals surface area contributed by atoms with Crippen LogP contribution in [0, 0.1) is 25.7 Å². The third-order valence-corrected chi connectivity index (χ3v) is 1.58. The zero-order valence-electron chi connectivity index (χ0n) is 6.60. The molecule has 0 atom stereocenters. The maximum absolute atomic E-state index is 4.02. The van der Waals surface area contributed by atoms with Gasteiger partial charge < -0.3 is 0 Å². The van der Waals surface area contributed by atoms with Crippen LogP contribution in [0.15, 0.2) is 0 Å². The summed E-state index contributed by atoms with van der Waals surface area (Å²) < 4.78 is 0. The van der Waals surface area contributed by atoms with E-state index >= 15 is 0 Å². The van der Waals surface area contributed by atoms with E-state index in [0.29, 0.717) is 5.75 Å². The summed E-state index contributed by atoms with van der Waals surface area (Å²) in [4.78, 5) is 0. The molecule has 11 heavy (non-hydrogen) atoms. The first-order chi connectivity index (χ1) is 5.25. The van der Waals surface area contributed by atoms with Gasteiger partial charge >= 0.3 is 0 Å². The van der Waals surface area contributed by atoms with Crippen molar-refractivity contribution in [3.05, 3.63) is 17.0 Å². The Morgan fingerprint density at radius 1 is 1.55 bits per heavy atom. The molecule has 0 aliphatic carbocycles. The first-order valence-corrected chi connectivity index (χ1v) is 4.00. The number of nitrogens with one attached hydrogen (secondary N) is 1. The average molecular weight is 166 g/mol. The number of hydrogen-bond acceptors (Lipinski definition) is 2. The van der Waals surface area contributed by atoms with Crippen molar-refractivity contribution in [2.75, 3.05) is 5.75 Å². The Balaban J connectivity index is 3.01. The molecule has 1 N–H and O–H groups in total. The molecule has 0 saturated carbocycles. The number of aromatic amines is 1. The monoisotopic (exact) mass is 166 g/mol. The quantitative estimate of drug-likeness (QED) is 0.441. The molecule has 2 nitrogen and oxygen atoms in total. The molecule has 0 amide bonds.